The van der Waals surface area contributed by atoms with Gasteiger partial charge in [0, 0.05) is 17.1 Å². The summed E-state index contributed by atoms with van der Waals surface area (Å²) >= 11 is 1.59. The quantitative estimate of drug-likeness (QED) is 0.643. The minimum atomic E-state index is 0.678. The summed E-state index contributed by atoms with van der Waals surface area (Å²) in [4.78, 5) is 4.33. The fourth-order valence-electron chi connectivity index (χ4n) is 2.00. The lowest BCUT2D eigenvalue weighted by Gasteiger charge is -2.02. The number of nitriles is 1. The van der Waals surface area contributed by atoms with E-state index in [-0.39, 0.29) is 0 Å². The van der Waals surface area contributed by atoms with Crippen molar-refractivity contribution in [1.29, 1.82) is 5.26 Å². The fourth-order valence-corrected chi connectivity index (χ4v) is 2.65. The fraction of sp³-hybridized carbons (Fsp3) is 0. The Balaban J connectivity index is 2.18. The smallest absolute Gasteiger partial charge is 0.0998 e. The molecule has 0 unspecified atom stereocenters. The van der Waals surface area contributed by atoms with Crippen molar-refractivity contribution in [2.45, 2.75) is 0 Å². The second-order valence-electron chi connectivity index (χ2n) is 4.10. The largest absolute Gasteiger partial charge is 0.256 e. The molecule has 3 aromatic rings. The summed E-state index contributed by atoms with van der Waals surface area (Å²) in [6, 6.07) is 14.1. The zero-order valence-corrected chi connectivity index (χ0v) is 10.9. The first-order chi connectivity index (χ1) is 9.38. The highest BCUT2D eigenvalue weighted by Crippen LogP contribution is 2.23. The summed E-state index contributed by atoms with van der Waals surface area (Å²) in [5.41, 5.74) is 3.61. The Labute approximate surface area is 115 Å². The summed E-state index contributed by atoms with van der Waals surface area (Å²) in [7, 11) is 0. The van der Waals surface area contributed by atoms with Crippen LogP contribution in [0.15, 0.2) is 53.4 Å². The molecule has 2 heterocycles. The molecule has 0 saturated heterocycles. The highest BCUT2D eigenvalue weighted by atomic mass is 32.1. The predicted octanol–water partition coefficient (Wildman–Crippen LogP) is 4.36. The zero-order chi connectivity index (χ0) is 13.1. The molecule has 0 atom stereocenters. The van der Waals surface area contributed by atoms with E-state index in [4.69, 9.17) is 0 Å². The van der Waals surface area contributed by atoms with Crippen LogP contribution in [0, 0.1) is 11.3 Å². The monoisotopic (exact) mass is 262 g/mol. The van der Waals surface area contributed by atoms with Crippen LogP contribution in [0.1, 0.15) is 11.1 Å². The number of thiophene rings is 1. The first-order valence-electron chi connectivity index (χ1n) is 5.86. The van der Waals surface area contributed by atoms with Gasteiger partial charge in [-0.3, -0.25) is 4.98 Å². The Bertz CT molecular complexity index is 775. The first-order valence-corrected chi connectivity index (χ1v) is 6.81. The predicted molar refractivity (Wildman–Crippen MR) is 79.5 cm³/mol. The SMILES string of the molecule is N#C/C(=C\c1ccnc2ccccc12)c1ccsc1. The van der Waals surface area contributed by atoms with E-state index < -0.39 is 0 Å². The van der Waals surface area contributed by atoms with Crippen LogP contribution in [0.3, 0.4) is 0 Å². The van der Waals surface area contributed by atoms with Gasteiger partial charge in [-0.2, -0.15) is 16.6 Å². The van der Waals surface area contributed by atoms with E-state index in [2.05, 4.69) is 11.1 Å². The Morgan fingerprint density at radius 2 is 2.11 bits per heavy atom. The molecule has 0 N–H and O–H groups in total. The molecule has 90 valence electrons. The maximum absolute atomic E-state index is 9.30. The van der Waals surface area contributed by atoms with E-state index >= 15 is 0 Å². The Hall–Kier alpha value is -2.44. The number of nitrogens with zero attached hydrogens (tertiary/aromatic N) is 2. The molecule has 0 radical (unpaired) electrons. The van der Waals surface area contributed by atoms with Crippen LogP contribution in [-0.2, 0) is 0 Å². The van der Waals surface area contributed by atoms with Gasteiger partial charge in [0.15, 0.2) is 0 Å². The third kappa shape index (κ3) is 2.26. The van der Waals surface area contributed by atoms with Crippen LogP contribution < -0.4 is 0 Å². The number of aromatic nitrogens is 1. The lowest BCUT2D eigenvalue weighted by molar-refractivity contribution is 1.41. The molecule has 0 fully saturated rings. The maximum Gasteiger partial charge on any atom is 0.0998 e. The maximum atomic E-state index is 9.30. The summed E-state index contributed by atoms with van der Waals surface area (Å²) in [5, 5.41) is 14.3. The third-order valence-electron chi connectivity index (χ3n) is 2.94. The van der Waals surface area contributed by atoms with Crippen molar-refractivity contribution in [2.24, 2.45) is 0 Å². The summed E-state index contributed by atoms with van der Waals surface area (Å²) in [5.74, 6) is 0. The van der Waals surface area contributed by atoms with Gasteiger partial charge in [-0.1, -0.05) is 18.2 Å². The van der Waals surface area contributed by atoms with Crippen LogP contribution in [-0.4, -0.2) is 4.98 Å². The molecule has 0 aliphatic rings. The average Bonchev–Trinajstić information content (AvgIpc) is 2.99. The highest BCUT2D eigenvalue weighted by Gasteiger charge is 2.04. The second-order valence-corrected chi connectivity index (χ2v) is 4.88. The van der Waals surface area contributed by atoms with Gasteiger partial charge < -0.3 is 0 Å². The molecule has 0 aliphatic heterocycles. The van der Waals surface area contributed by atoms with E-state index in [0.29, 0.717) is 5.57 Å². The van der Waals surface area contributed by atoms with Gasteiger partial charge in [-0.05, 0) is 40.6 Å². The number of benzene rings is 1. The van der Waals surface area contributed by atoms with Crippen LogP contribution in [0.25, 0.3) is 22.6 Å². The molecule has 19 heavy (non-hydrogen) atoms. The molecule has 0 bridgehead atoms. The molecule has 0 amide bonds. The van der Waals surface area contributed by atoms with Crippen LogP contribution in [0.2, 0.25) is 0 Å². The van der Waals surface area contributed by atoms with Gasteiger partial charge in [0.05, 0.1) is 17.2 Å². The van der Waals surface area contributed by atoms with E-state index in [9.17, 15) is 5.26 Å². The molecule has 0 aliphatic carbocycles. The Morgan fingerprint density at radius 1 is 1.21 bits per heavy atom. The van der Waals surface area contributed by atoms with E-state index in [1.807, 2.05) is 53.2 Å². The van der Waals surface area contributed by atoms with Gasteiger partial charge >= 0.3 is 0 Å². The van der Waals surface area contributed by atoms with E-state index in [1.54, 1.807) is 17.5 Å². The topological polar surface area (TPSA) is 36.7 Å². The van der Waals surface area contributed by atoms with Gasteiger partial charge in [0.25, 0.3) is 0 Å². The molecule has 2 nitrogen and oxygen atoms in total. The standard InChI is InChI=1S/C16H10N2S/c17-10-14(13-6-8-19-11-13)9-12-5-7-18-16-4-2-1-3-15(12)16/h1-9,11H/b14-9+. The summed E-state index contributed by atoms with van der Waals surface area (Å²) < 4.78 is 0. The van der Waals surface area contributed by atoms with Crippen molar-refractivity contribution in [3.63, 3.8) is 0 Å². The number of rotatable bonds is 2. The Kier molecular flexibility index (Phi) is 3.09. The average molecular weight is 262 g/mol. The van der Waals surface area contributed by atoms with Crippen molar-refractivity contribution < 1.29 is 0 Å². The minimum absolute atomic E-state index is 0.678. The van der Waals surface area contributed by atoms with Gasteiger partial charge in [-0.15, -0.1) is 0 Å². The van der Waals surface area contributed by atoms with Crippen molar-refractivity contribution in [2.75, 3.05) is 0 Å². The molecule has 0 saturated carbocycles. The number of hydrogen-bond acceptors (Lipinski definition) is 3. The van der Waals surface area contributed by atoms with E-state index in [1.165, 1.54) is 0 Å². The van der Waals surface area contributed by atoms with Crippen molar-refractivity contribution >= 4 is 33.9 Å². The third-order valence-corrected chi connectivity index (χ3v) is 3.62. The lowest BCUT2D eigenvalue weighted by Crippen LogP contribution is -1.83. The number of para-hydroxylation sites is 1. The van der Waals surface area contributed by atoms with Crippen LogP contribution in [0.5, 0.6) is 0 Å². The normalized spacial score (nSPS) is 11.4. The number of allylic oxidation sites excluding steroid dienone is 1. The number of fused-ring (bicyclic) bond motifs is 1. The molecule has 2 aromatic heterocycles. The summed E-state index contributed by atoms with van der Waals surface area (Å²) in [6.07, 6.45) is 3.70. The van der Waals surface area contributed by atoms with Crippen molar-refractivity contribution in [3.05, 3.63) is 64.5 Å². The van der Waals surface area contributed by atoms with E-state index in [0.717, 1.165) is 22.0 Å². The Morgan fingerprint density at radius 3 is 2.89 bits per heavy atom. The molecule has 3 rings (SSSR count). The molecular weight excluding hydrogens is 252 g/mol. The summed E-state index contributed by atoms with van der Waals surface area (Å²) in [6.45, 7) is 0. The minimum Gasteiger partial charge on any atom is -0.256 e. The number of hydrogen-bond donors (Lipinski definition) is 0. The first kappa shape index (κ1) is 11.6. The number of pyridine rings is 1. The highest BCUT2D eigenvalue weighted by molar-refractivity contribution is 7.08. The van der Waals surface area contributed by atoms with Gasteiger partial charge in [0.1, 0.15) is 0 Å². The zero-order valence-electron chi connectivity index (χ0n) is 10.1. The van der Waals surface area contributed by atoms with Crippen LogP contribution in [0.4, 0.5) is 0 Å². The lowest BCUT2D eigenvalue weighted by atomic mass is 10.0. The second kappa shape index (κ2) is 5.05. The van der Waals surface area contributed by atoms with Gasteiger partial charge in [-0.25, -0.2) is 0 Å². The molecule has 0 spiro atoms. The molecular formula is C16H10N2S. The van der Waals surface area contributed by atoms with Crippen molar-refractivity contribution in [1.82, 2.24) is 4.98 Å². The van der Waals surface area contributed by atoms with Crippen LogP contribution >= 0.6 is 11.3 Å². The molecule has 3 heteroatoms. The molecule has 1 aromatic carbocycles. The van der Waals surface area contributed by atoms with Crippen molar-refractivity contribution in [3.8, 4) is 6.07 Å². The van der Waals surface area contributed by atoms with Gasteiger partial charge in [0.2, 0.25) is 0 Å².